The predicted octanol–water partition coefficient (Wildman–Crippen LogP) is -3.03. The smallest absolute Gasteiger partial charge is 0.379 e. The number of nitrogens with two attached hydrogens (primary N) is 1. The molecular formula is C11H18N2O10S2. The molecule has 25 heavy (non-hydrogen) atoms. The lowest BCUT2D eigenvalue weighted by atomic mass is 10.1. The lowest BCUT2D eigenvalue weighted by molar-refractivity contribution is -0.0741. The van der Waals surface area contributed by atoms with Crippen LogP contribution in [-0.4, -0.2) is 78.9 Å². The van der Waals surface area contributed by atoms with E-state index in [2.05, 4.69) is 4.18 Å². The quantitative estimate of drug-likeness (QED) is 0.315. The number of hydrogen-bond donors (Lipinski definition) is 5. The van der Waals surface area contributed by atoms with Gasteiger partial charge in [-0.1, -0.05) is 0 Å². The highest BCUT2D eigenvalue weighted by molar-refractivity contribution is 7.89. The molecule has 12 nitrogen and oxygen atoms in total. The predicted molar refractivity (Wildman–Crippen MR) is 81.0 cm³/mol. The van der Waals surface area contributed by atoms with Crippen molar-refractivity contribution < 1.29 is 46.2 Å². The highest BCUT2D eigenvalue weighted by atomic mass is 32.2. The van der Waals surface area contributed by atoms with Gasteiger partial charge in [-0.15, -0.1) is 0 Å². The molecule has 0 fully saturated rings. The number of sulfonamides is 1. The zero-order valence-corrected chi connectivity index (χ0v) is 14.4. The van der Waals surface area contributed by atoms with Crippen LogP contribution in [0.3, 0.4) is 0 Å². The van der Waals surface area contributed by atoms with E-state index in [1.165, 1.54) is 6.08 Å². The first-order valence-corrected chi connectivity index (χ1v) is 9.90. The summed E-state index contributed by atoms with van der Waals surface area (Å²) in [7, 11) is -8.56. The Morgan fingerprint density at radius 1 is 1.32 bits per heavy atom. The van der Waals surface area contributed by atoms with Crippen LogP contribution >= 0.6 is 0 Å². The van der Waals surface area contributed by atoms with Gasteiger partial charge in [0, 0.05) is 19.5 Å². The Morgan fingerprint density at radius 2 is 1.96 bits per heavy atom. The third-order valence-corrected chi connectivity index (χ3v) is 6.04. The second-order valence-electron chi connectivity index (χ2n) is 5.29. The van der Waals surface area contributed by atoms with E-state index in [0.29, 0.717) is 0 Å². The largest absolute Gasteiger partial charge is 0.506 e. The van der Waals surface area contributed by atoms with Crippen LogP contribution in [0.5, 0.6) is 0 Å². The first-order valence-electron chi connectivity index (χ1n) is 6.93. The summed E-state index contributed by atoms with van der Waals surface area (Å²) in [6.45, 7) is -1.37. The van der Waals surface area contributed by atoms with Crippen LogP contribution in [0.25, 0.3) is 0 Å². The average molecular weight is 402 g/mol. The molecule has 14 heteroatoms. The van der Waals surface area contributed by atoms with Gasteiger partial charge in [-0.25, -0.2) is 8.42 Å². The third-order valence-electron chi connectivity index (χ3n) is 3.58. The second kappa shape index (κ2) is 7.06. The molecule has 2 aliphatic heterocycles. The van der Waals surface area contributed by atoms with Crippen molar-refractivity contribution >= 4 is 20.3 Å². The Bertz CT molecular complexity index is 788. The van der Waals surface area contributed by atoms with E-state index in [4.69, 9.17) is 15.0 Å². The van der Waals surface area contributed by atoms with Gasteiger partial charge in [0.05, 0.1) is 0 Å². The summed E-state index contributed by atoms with van der Waals surface area (Å²) in [5, 5.41) is 42.9. The van der Waals surface area contributed by atoms with Gasteiger partial charge in [0.1, 0.15) is 24.6 Å². The highest BCUT2D eigenvalue weighted by Gasteiger charge is 2.47. The summed E-state index contributed by atoms with van der Waals surface area (Å²) < 4.78 is 57.1. The molecule has 0 amide bonds. The van der Waals surface area contributed by atoms with Crippen LogP contribution in [0, 0.1) is 0 Å². The Balaban J connectivity index is 2.20. The van der Waals surface area contributed by atoms with Crippen molar-refractivity contribution in [1.82, 2.24) is 4.31 Å². The van der Waals surface area contributed by atoms with Gasteiger partial charge in [-0.2, -0.15) is 17.9 Å². The highest BCUT2D eigenvalue weighted by Crippen LogP contribution is 2.29. The molecule has 0 saturated heterocycles. The second-order valence-corrected chi connectivity index (χ2v) is 8.45. The van der Waals surface area contributed by atoms with Gasteiger partial charge in [0.25, 0.3) is 10.0 Å². The molecule has 0 aliphatic carbocycles. The molecule has 6 N–H and O–H groups in total. The molecular weight excluding hydrogens is 384 g/mol. The summed E-state index contributed by atoms with van der Waals surface area (Å²) in [4.78, 5) is 0. The fourth-order valence-corrected chi connectivity index (χ4v) is 4.45. The van der Waals surface area contributed by atoms with E-state index in [-0.39, 0.29) is 25.3 Å². The van der Waals surface area contributed by atoms with Crippen LogP contribution in [0.1, 0.15) is 6.42 Å². The van der Waals surface area contributed by atoms with Crippen LogP contribution in [0.15, 0.2) is 23.4 Å². The van der Waals surface area contributed by atoms with Gasteiger partial charge in [-0.3, -0.25) is 0 Å². The molecule has 0 spiro atoms. The standard InChI is InChI=1S/C11H18N2O10S2/c12-25(20,21)23-6-1-3-13(4-2-6)24(18,19)11-10(17)9(16)8(15)7(5-14)22-11/h1,9-11,14-17H,2-5H2,(H2,12,20,21)/t9-,10+,11+/m0/s1. The van der Waals surface area contributed by atoms with Crippen molar-refractivity contribution in [3.63, 3.8) is 0 Å². The molecule has 144 valence electrons. The summed E-state index contributed by atoms with van der Waals surface area (Å²) in [5.41, 5.74) is -1.96. The van der Waals surface area contributed by atoms with Crippen LogP contribution in [0.2, 0.25) is 0 Å². The van der Waals surface area contributed by atoms with Crippen molar-refractivity contribution in [1.29, 1.82) is 0 Å². The zero-order chi connectivity index (χ0) is 19.0. The van der Waals surface area contributed by atoms with Crippen LogP contribution in [0.4, 0.5) is 0 Å². The number of hydrogen-bond acceptors (Lipinski definition) is 10. The first-order chi connectivity index (χ1) is 11.5. The van der Waals surface area contributed by atoms with Crippen molar-refractivity contribution in [2.24, 2.45) is 5.14 Å². The van der Waals surface area contributed by atoms with Gasteiger partial charge in [0.15, 0.2) is 11.5 Å². The average Bonchev–Trinajstić information content (AvgIpc) is 2.51. The van der Waals surface area contributed by atoms with Gasteiger partial charge < -0.3 is 29.3 Å². The summed E-state index contributed by atoms with van der Waals surface area (Å²) in [6.07, 6.45) is -2.87. The lowest BCUT2D eigenvalue weighted by Gasteiger charge is -2.36. The minimum atomic E-state index is -4.34. The number of nitrogens with zero attached hydrogens (tertiary/aromatic N) is 1. The molecule has 0 unspecified atom stereocenters. The van der Waals surface area contributed by atoms with Crippen molar-refractivity contribution in [3.8, 4) is 0 Å². The minimum Gasteiger partial charge on any atom is -0.506 e. The van der Waals surface area contributed by atoms with Crippen LogP contribution in [-0.2, 0) is 29.2 Å². The molecule has 2 rings (SSSR count). The fraction of sp³-hybridized carbons (Fsp3) is 0.636. The summed E-state index contributed by atoms with van der Waals surface area (Å²) >= 11 is 0. The lowest BCUT2D eigenvalue weighted by Crippen LogP contribution is -2.53. The topological polar surface area (TPSA) is 197 Å². The maximum absolute atomic E-state index is 12.6. The Kier molecular flexibility index (Phi) is 5.62. The Morgan fingerprint density at radius 3 is 2.44 bits per heavy atom. The molecule has 2 heterocycles. The zero-order valence-electron chi connectivity index (χ0n) is 12.7. The maximum Gasteiger partial charge on any atom is 0.379 e. The van der Waals surface area contributed by atoms with Gasteiger partial charge >= 0.3 is 10.3 Å². The minimum absolute atomic E-state index is 0.0346. The van der Waals surface area contributed by atoms with Crippen molar-refractivity contribution in [2.45, 2.75) is 24.1 Å². The molecule has 0 aromatic carbocycles. The number of aliphatic hydroxyl groups is 4. The maximum atomic E-state index is 12.6. The molecule has 0 saturated carbocycles. The van der Waals surface area contributed by atoms with Crippen LogP contribution < -0.4 is 5.14 Å². The van der Waals surface area contributed by atoms with E-state index in [1.54, 1.807) is 0 Å². The van der Waals surface area contributed by atoms with E-state index < -0.39 is 56.1 Å². The van der Waals surface area contributed by atoms with E-state index in [0.717, 1.165) is 4.31 Å². The molecule has 0 radical (unpaired) electrons. The molecule has 0 bridgehead atoms. The van der Waals surface area contributed by atoms with Crippen molar-refractivity contribution in [3.05, 3.63) is 23.4 Å². The van der Waals surface area contributed by atoms with Gasteiger partial charge in [0.2, 0.25) is 5.44 Å². The third kappa shape index (κ3) is 4.22. The number of ether oxygens (including phenoxy) is 1. The normalized spacial score (nSPS) is 29.1. The number of rotatable bonds is 5. The first kappa shape index (κ1) is 19.9. The molecule has 0 aromatic rings. The molecule has 3 atom stereocenters. The van der Waals surface area contributed by atoms with E-state index in [1.807, 2.05) is 0 Å². The summed E-state index contributed by atoms with van der Waals surface area (Å²) in [6, 6.07) is 0. The molecule has 2 aliphatic rings. The van der Waals surface area contributed by atoms with E-state index in [9.17, 15) is 32.2 Å². The summed E-state index contributed by atoms with van der Waals surface area (Å²) in [5.74, 6) is -1.46. The Labute approximate surface area is 143 Å². The van der Waals surface area contributed by atoms with Gasteiger partial charge in [-0.05, 0) is 6.08 Å². The number of aliphatic hydroxyl groups excluding tert-OH is 4. The fourth-order valence-electron chi connectivity index (χ4n) is 2.34. The molecule has 0 aromatic heterocycles. The Hall–Kier alpha value is -1.42. The SMILES string of the molecule is NS(=O)(=O)OC1=CCN(S(=O)(=O)[C@H]2OC(CO)=C(O)[C@H](O)[C@H]2O)CC1. The van der Waals surface area contributed by atoms with Crippen molar-refractivity contribution in [2.75, 3.05) is 19.7 Å². The monoisotopic (exact) mass is 402 g/mol. The van der Waals surface area contributed by atoms with E-state index >= 15 is 0 Å².